The van der Waals surface area contributed by atoms with Crippen LogP contribution in [0.25, 0.3) is 0 Å². The molecule has 0 N–H and O–H groups in total. The van der Waals surface area contributed by atoms with Crippen molar-refractivity contribution >= 4 is 27.7 Å². The Hall–Kier alpha value is -1.94. The molecular formula is C18H17BrO3. The lowest BCUT2D eigenvalue weighted by atomic mass is 10.1. The van der Waals surface area contributed by atoms with Crippen molar-refractivity contribution in [3.05, 3.63) is 71.3 Å². The highest BCUT2D eigenvalue weighted by Gasteiger charge is 2.15. The number of hydrogen-bond acceptors (Lipinski definition) is 3. The van der Waals surface area contributed by atoms with E-state index in [1.165, 1.54) is 0 Å². The minimum Gasteiger partial charge on any atom is -0.457 e. The van der Waals surface area contributed by atoms with Crippen molar-refractivity contribution in [2.75, 3.05) is 6.61 Å². The molecule has 2 aromatic rings. The van der Waals surface area contributed by atoms with E-state index in [1.54, 1.807) is 12.1 Å². The molecular weight excluding hydrogens is 344 g/mol. The normalized spacial score (nSPS) is 11.7. The minimum atomic E-state index is -0.397. The lowest BCUT2D eigenvalue weighted by molar-refractivity contribution is -0.142. The Kier molecular flexibility index (Phi) is 5.90. The highest BCUT2D eigenvalue weighted by molar-refractivity contribution is 9.09. The number of aryl methyl sites for hydroxylation is 1. The first-order valence-electron chi connectivity index (χ1n) is 7.01. The van der Waals surface area contributed by atoms with E-state index in [0.29, 0.717) is 5.56 Å². The van der Waals surface area contributed by atoms with E-state index >= 15 is 0 Å². The molecule has 0 spiro atoms. The summed E-state index contributed by atoms with van der Waals surface area (Å²) in [7, 11) is 0. The zero-order chi connectivity index (χ0) is 15.9. The van der Waals surface area contributed by atoms with Gasteiger partial charge in [-0.3, -0.25) is 9.59 Å². The molecule has 0 aliphatic rings. The Morgan fingerprint density at radius 1 is 1.05 bits per heavy atom. The second kappa shape index (κ2) is 7.90. The maximum atomic E-state index is 11.9. The van der Waals surface area contributed by atoms with Crippen molar-refractivity contribution in [3.8, 4) is 0 Å². The van der Waals surface area contributed by atoms with Crippen molar-refractivity contribution in [1.29, 1.82) is 0 Å². The van der Waals surface area contributed by atoms with E-state index in [2.05, 4.69) is 15.9 Å². The quantitative estimate of drug-likeness (QED) is 0.439. The molecule has 2 rings (SSSR count). The number of carbonyl (C=O) groups excluding carboxylic acids is 2. The summed E-state index contributed by atoms with van der Waals surface area (Å²) < 4.78 is 5.06. The van der Waals surface area contributed by atoms with Crippen molar-refractivity contribution in [2.45, 2.75) is 18.2 Å². The molecule has 0 bridgehead atoms. The second-order valence-electron chi connectivity index (χ2n) is 5.03. The maximum absolute atomic E-state index is 11.9. The number of carbonyl (C=O) groups is 2. The second-order valence-corrected chi connectivity index (χ2v) is 6.14. The number of Topliss-reactive ketones (excluding diaryl/α,β-unsaturated/α-hetero) is 1. The topological polar surface area (TPSA) is 43.4 Å². The lowest BCUT2D eigenvalue weighted by Crippen LogP contribution is -2.15. The van der Waals surface area contributed by atoms with Gasteiger partial charge in [-0.25, -0.2) is 0 Å². The Balaban J connectivity index is 1.82. The van der Waals surface area contributed by atoms with E-state index in [-0.39, 0.29) is 23.6 Å². The molecule has 22 heavy (non-hydrogen) atoms. The van der Waals surface area contributed by atoms with Crippen LogP contribution in [-0.2, 0) is 9.53 Å². The van der Waals surface area contributed by atoms with Crippen LogP contribution in [0.1, 0.15) is 32.7 Å². The Labute approximate surface area is 138 Å². The number of ether oxygens (including phenoxy) is 1. The van der Waals surface area contributed by atoms with Gasteiger partial charge in [-0.2, -0.15) is 0 Å². The van der Waals surface area contributed by atoms with Gasteiger partial charge in [0.2, 0.25) is 0 Å². The zero-order valence-corrected chi connectivity index (χ0v) is 13.9. The first kappa shape index (κ1) is 16.4. The van der Waals surface area contributed by atoms with Gasteiger partial charge in [-0.1, -0.05) is 76.1 Å². The standard InChI is InChI=1S/C18H17BrO3/c1-13-7-9-15(10-8-13)17(20)12-22-18(21)11-16(19)14-5-3-2-4-6-14/h2-10,16H,11-12H2,1H3. The molecule has 0 heterocycles. The largest absolute Gasteiger partial charge is 0.457 e. The molecule has 0 fully saturated rings. The van der Waals surface area contributed by atoms with E-state index in [1.807, 2.05) is 49.4 Å². The van der Waals surface area contributed by atoms with E-state index in [0.717, 1.165) is 11.1 Å². The molecule has 1 unspecified atom stereocenters. The maximum Gasteiger partial charge on any atom is 0.307 e. The third kappa shape index (κ3) is 4.81. The summed E-state index contributed by atoms with van der Waals surface area (Å²) in [4.78, 5) is 23.6. The van der Waals surface area contributed by atoms with Crippen molar-refractivity contribution < 1.29 is 14.3 Å². The average molecular weight is 361 g/mol. The molecule has 0 aliphatic carbocycles. The van der Waals surface area contributed by atoms with Crippen LogP contribution in [0.15, 0.2) is 54.6 Å². The number of ketones is 1. The lowest BCUT2D eigenvalue weighted by Gasteiger charge is -2.10. The molecule has 1 atom stereocenters. The molecule has 0 radical (unpaired) electrons. The predicted octanol–water partition coefficient (Wildman–Crippen LogP) is 4.25. The summed E-state index contributed by atoms with van der Waals surface area (Å²) in [5.41, 5.74) is 2.64. The van der Waals surface area contributed by atoms with E-state index < -0.39 is 5.97 Å². The first-order valence-corrected chi connectivity index (χ1v) is 7.92. The highest BCUT2D eigenvalue weighted by Crippen LogP contribution is 2.26. The summed E-state index contributed by atoms with van der Waals surface area (Å²) in [6.45, 7) is 1.73. The van der Waals surface area contributed by atoms with Crippen molar-refractivity contribution in [2.24, 2.45) is 0 Å². The number of benzene rings is 2. The molecule has 4 heteroatoms. The third-order valence-corrected chi connectivity index (χ3v) is 4.10. The van der Waals surface area contributed by atoms with Crippen molar-refractivity contribution in [1.82, 2.24) is 0 Å². The fourth-order valence-corrected chi connectivity index (χ4v) is 2.52. The van der Waals surface area contributed by atoms with E-state index in [9.17, 15) is 9.59 Å². The first-order chi connectivity index (χ1) is 10.6. The number of hydrogen-bond donors (Lipinski definition) is 0. The molecule has 0 saturated carbocycles. The molecule has 0 aliphatic heterocycles. The van der Waals surface area contributed by atoms with Gasteiger partial charge in [0.05, 0.1) is 6.42 Å². The SMILES string of the molecule is Cc1ccc(C(=O)COC(=O)CC(Br)c2ccccc2)cc1. The number of halogens is 1. The summed E-state index contributed by atoms with van der Waals surface area (Å²) >= 11 is 3.46. The van der Waals surface area contributed by atoms with Crippen molar-refractivity contribution in [3.63, 3.8) is 0 Å². The van der Waals surface area contributed by atoms with Gasteiger partial charge < -0.3 is 4.74 Å². The molecule has 114 valence electrons. The molecule has 0 aromatic heterocycles. The average Bonchev–Trinajstić information content (AvgIpc) is 2.54. The fourth-order valence-electron chi connectivity index (χ4n) is 1.95. The third-order valence-electron chi connectivity index (χ3n) is 3.24. The summed E-state index contributed by atoms with van der Waals surface area (Å²) in [5, 5.41) is 0. The number of rotatable bonds is 6. The Morgan fingerprint density at radius 3 is 2.32 bits per heavy atom. The predicted molar refractivity (Wildman–Crippen MR) is 89.2 cm³/mol. The monoisotopic (exact) mass is 360 g/mol. The van der Waals surface area contributed by atoms with Gasteiger partial charge in [-0.05, 0) is 12.5 Å². The Morgan fingerprint density at radius 2 is 1.68 bits per heavy atom. The molecule has 0 saturated heterocycles. The molecule has 0 amide bonds. The van der Waals surface area contributed by atoms with Gasteiger partial charge in [-0.15, -0.1) is 0 Å². The van der Waals surface area contributed by atoms with Crippen LogP contribution < -0.4 is 0 Å². The number of alkyl halides is 1. The summed E-state index contributed by atoms with van der Waals surface area (Å²) in [6, 6.07) is 16.8. The highest BCUT2D eigenvalue weighted by atomic mass is 79.9. The van der Waals surface area contributed by atoms with Gasteiger partial charge in [0.25, 0.3) is 0 Å². The van der Waals surface area contributed by atoms with Gasteiger partial charge in [0, 0.05) is 10.4 Å². The van der Waals surface area contributed by atoms with Crippen LogP contribution in [0.5, 0.6) is 0 Å². The van der Waals surface area contributed by atoms with Crippen LogP contribution in [0.3, 0.4) is 0 Å². The van der Waals surface area contributed by atoms with Crippen LogP contribution in [0.4, 0.5) is 0 Å². The van der Waals surface area contributed by atoms with Crippen LogP contribution in [0, 0.1) is 6.92 Å². The van der Waals surface area contributed by atoms with Gasteiger partial charge in [0.15, 0.2) is 12.4 Å². The summed E-state index contributed by atoms with van der Waals surface area (Å²) in [6.07, 6.45) is 0.186. The van der Waals surface area contributed by atoms with Gasteiger partial charge >= 0.3 is 5.97 Å². The van der Waals surface area contributed by atoms with Crippen LogP contribution >= 0.6 is 15.9 Å². The minimum absolute atomic E-state index is 0.115. The molecule has 2 aromatic carbocycles. The van der Waals surface area contributed by atoms with Gasteiger partial charge in [0.1, 0.15) is 0 Å². The Bertz CT molecular complexity index is 635. The smallest absolute Gasteiger partial charge is 0.307 e. The van der Waals surface area contributed by atoms with E-state index in [4.69, 9.17) is 4.74 Å². The fraction of sp³-hybridized carbons (Fsp3) is 0.222. The van der Waals surface area contributed by atoms with Crippen LogP contribution in [-0.4, -0.2) is 18.4 Å². The summed E-state index contributed by atoms with van der Waals surface area (Å²) in [5.74, 6) is -0.592. The number of esters is 1. The zero-order valence-electron chi connectivity index (χ0n) is 12.3. The van der Waals surface area contributed by atoms with Crippen LogP contribution in [0.2, 0.25) is 0 Å². The molecule has 3 nitrogen and oxygen atoms in total.